The smallest absolute Gasteiger partial charge is 0.295 e. The molecule has 0 unspecified atom stereocenters. The Labute approximate surface area is 102 Å². The zero-order valence-corrected chi connectivity index (χ0v) is 10.9. The Morgan fingerprint density at radius 2 is 1.94 bits per heavy atom. The van der Waals surface area contributed by atoms with Crippen LogP contribution in [-0.4, -0.2) is 10.5 Å². The topological polar surface area (TPSA) is 55.2 Å². The predicted octanol–water partition coefficient (Wildman–Crippen LogP) is 3.89. The van der Waals surface area contributed by atoms with Gasteiger partial charge in [0.15, 0.2) is 0 Å². The van der Waals surface area contributed by atoms with Crippen molar-refractivity contribution in [2.75, 3.05) is 5.32 Å². The van der Waals surface area contributed by atoms with Crippen molar-refractivity contribution in [1.29, 1.82) is 0 Å². The fraction of sp³-hybridized carbons (Fsp3) is 0.538. The Bertz CT molecular complexity index is 412. The van der Waals surface area contributed by atoms with Gasteiger partial charge in [0.1, 0.15) is 5.69 Å². The summed E-state index contributed by atoms with van der Waals surface area (Å²) in [6.45, 7) is 8.01. The van der Waals surface area contributed by atoms with Gasteiger partial charge < -0.3 is 5.32 Å². The Morgan fingerprint density at radius 1 is 1.35 bits per heavy atom. The van der Waals surface area contributed by atoms with Crippen LogP contribution < -0.4 is 5.32 Å². The molecule has 0 aliphatic heterocycles. The third-order valence-electron chi connectivity index (χ3n) is 3.42. The van der Waals surface area contributed by atoms with E-state index in [1.54, 1.807) is 19.1 Å². The van der Waals surface area contributed by atoms with Gasteiger partial charge in [-0.2, -0.15) is 0 Å². The molecule has 0 heterocycles. The summed E-state index contributed by atoms with van der Waals surface area (Å²) in [6, 6.07) is 5.38. The van der Waals surface area contributed by atoms with Crippen molar-refractivity contribution in [3.63, 3.8) is 0 Å². The van der Waals surface area contributed by atoms with Crippen molar-refractivity contribution in [2.24, 2.45) is 0 Å². The number of nitrogens with zero attached hydrogens (tertiary/aromatic N) is 1. The van der Waals surface area contributed by atoms with Gasteiger partial charge in [-0.15, -0.1) is 0 Å². The largest absolute Gasteiger partial charge is 0.374 e. The number of para-hydroxylation sites is 1. The number of rotatable bonds is 5. The molecule has 1 N–H and O–H groups in total. The molecule has 0 bridgehead atoms. The minimum atomic E-state index is -0.316. The maximum absolute atomic E-state index is 11.1. The molecule has 0 aromatic heterocycles. The molecule has 1 aromatic rings. The lowest BCUT2D eigenvalue weighted by Gasteiger charge is -2.29. The van der Waals surface area contributed by atoms with Crippen LogP contribution in [0, 0.1) is 17.0 Å². The molecule has 0 saturated heterocycles. The molecule has 1 rings (SSSR count). The highest BCUT2D eigenvalue weighted by Gasteiger charge is 2.24. The summed E-state index contributed by atoms with van der Waals surface area (Å²) >= 11 is 0. The number of hydrogen-bond acceptors (Lipinski definition) is 3. The molecular formula is C13H20N2O2. The average molecular weight is 236 g/mol. The summed E-state index contributed by atoms with van der Waals surface area (Å²) in [6.07, 6.45) is 1.85. The zero-order chi connectivity index (χ0) is 13.1. The van der Waals surface area contributed by atoms with Crippen molar-refractivity contribution in [3.05, 3.63) is 33.9 Å². The van der Waals surface area contributed by atoms with Crippen molar-refractivity contribution in [1.82, 2.24) is 0 Å². The fourth-order valence-electron chi connectivity index (χ4n) is 1.75. The Hall–Kier alpha value is -1.58. The molecule has 0 spiro atoms. The van der Waals surface area contributed by atoms with Crippen LogP contribution in [-0.2, 0) is 0 Å². The molecule has 0 aliphatic carbocycles. The number of nitro benzene ring substituents is 1. The van der Waals surface area contributed by atoms with Gasteiger partial charge in [-0.3, -0.25) is 10.1 Å². The summed E-state index contributed by atoms with van der Waals surface area (Å²) in [4.78, 5) is 10.8. The summed E-state index contributed by atoms with van der Waals surface area (Å²) in [5, 5.41) is 14.4. The van der Waals surface area contributed by atoms with E-state index in [4.69, 9.17) is 0 Å². The van der Waals surface area contributed by atoms with Crippen LogP contribution in [0.4, 0.5) is 11.4 Å². The van der Waals surface area contributed by atoms with Crippen LogP contribution in [0.5, 0.6) is 0 Å². The van der Waals surface area contributed by atoms with E-state index in [1.807, 2.05) is 6.07 Å². The standard InChI is InChI=1S/C13H20N2O2/c1-5-13(4,6-2)14-11-9-7-8-10(3)12(11)15(16)17/h7-9,14H,5-6H2,1-4H3. The van der Waals surface area contributed by atoms with Gasteiger partial charge in [-0.1, -0.05) is 26.0 Å². The normalized spacial score (nSPS) is 11.3. The number of anilines is 1. The number of hydrogen-bond donors (Lipinski definition) is 1. The highest BCUT2D eigenvalue weighted by Crippen LogP contribution is 2.31. The molecule has 94 valence electrons. The predicted molar refractivity (Wildman–Crippen MR) is 70.4 cm³/mol. The lowest BCUT2D eigenvalue weighted by molar-refractivity contribution is -0.384. The number of aryl methyl sites for hydroxylation is 1. The second-order valence-electron chi connectivity index (χ2n) is 4.62. The highest BCUT2D eigenvalue weighted by molar-refractivity contribution is 5.65. The molecule has 0 saturated carbocycles. The molecule has 0 amide bonds. The molecule has 17 heavy (non-hydrogen) atoms. The van der Waals surface area contributed by atoms with Gasteiger partial charge in [0.2, 0.25) is 0 Å². The zero-order valence-electron chi connectivity index (χ0n) is 10.9. The first-order valence-corrected chi connectivity index (χ1v) is 5.95. The van der Waals surface area contributed by atoms with Crippen molar-refractivity contribution in [3.8, 4) is 0 Å². The van der Waals surface area contributed by atoms with Gasteiger partial charge >= 0.3 is 0 Å². The molecule has 0 fully saturated rings. The maximum Gasteiger partial charge on any atom is 0.295 e. The summed E-state index contributed by atoms with van der Waals surface area (Å²) in [5.41, 5.74) is 1.38. The van der Waals surface area contributed by atoms with E-state index in [1.165, 1.54) is 0 Å². The van der Waals surface area contributed by atoms with E-state index < -0.39 is 0 Å². The molecule has 0 aliphatic rings. The SMILES string of the molecule is CCC(C)(CC)Nc1cccc(C)c1[N+](=O)[O-]. The second-order valence-corrected chi connectivity index (χ2v) is 4.62. The van der Waals surface area contributed by atoms with Crippen LogP contribution in [0.15, 0.2) is 18.2 Å². The van der Waals surface area contributed by atoms with Crippen LogP contribution in [0.1, 0.15) is 39.2 Å². The van der Waals surface area contributed by atoms with Gasteiger partial charge in [-0.25, -0.2) is 0 Å². The van der Waals surface area contributed by atoms with E-state index >= 15 is 0 Å². The third-order valence-corrected chi connectivity index (χ3v) is 3.42. The number of benzene rings is 1. The Morgan fingerprint density at radius 3 is 2.41 bits per heavy atom. The fourth-order valence-corrected chi connectivity index (χ4v) is 1.75. The quantitative estimate of drug-likeness (QED) is 0.623. The molecule has 1 aromatic carbocycles. The van der Waals surface area contributed by atoms with Crippen molar-refractivity contribution < 1.29 is 4.92 Å². The number of nitrogens with one attached hydrogen (secondary N) is 1. The minimum absolute atomic E-state index is 0.0987. The molecule has 0 atom stereocenters. The van der Waals surface area contributed by atoms with Gasteiger partial charge in [-0.05, 0) is 32.8 Å². The van der Waals surface area contributed by atoms with Crippen LogP contribution in [0.2, 0.25) is 0 Å². The second kappa shape index (κ2) is 5.17. The first-order chi connectivity index (χ1) is 7.93. The van der Waals surface area contributed by atoms with Crippen LogP contribution >= 0.6 is 0 Å². The van der Waals surface area contributed by atoms with Gasteiger partial charge in [0.25, 0.3) is 5.69 Å². The summed E-state index contributed by atoms with van der Waals surface area (Å²) in [5.74, 6) is 0. The van der Waals surface area contributed by atoms with E-state index in [-0.39, 0.29) is 16.1 Å². The van der Waals surface area contributed by atoms with Crippen molar-refractivity contribution in [2.45, 2.75) is 46.1 Å². The number of nitro groups is 1. The Balaban J connectivity index is 3.15. The molecule has 4 nitrogen and oxygen atoms in total. The van der Waals surface area contributed by atoms with E-state index in [2.05, 4.69) is 26.1 Å². The first-order valence-electron chi connectivity index (χ1n) is 5.95. The van der Waals surface area contributed by atoms with Gasteiger partial charge in [0.05, 0.1) is 4.92 Å². The maximum atomic E-state index is 11.1. The van der Waals surface area contributed by atoms with E-state index in [9.17, 15) is 10.1 Å². The van der Waals surface area contributed by atoms with Crippen molar-refractivity contribution >= 4 is 11.4 Å². The molecular weight excluding hydrogens is 216 g/mol. The van der Waals surface area contributed by atoms with Gasteiger partial charge in [0, 0.05) is 11.1 Å². The van der Waals surface area contributed by atoms with E-state index in [0.717, 1.165) is 12.8 Å². The summed E-state index contributed by atoms with van der Waals surface area (Å²) in [7, 11) is 0. The third kappa shape index (κ3) is 2.96. The Kier molecular flexibility index (Phi) is 4.10. The summed E-state index contributed by atoms with van der Waals surface area (Å²) < 4.78 is 0. The molecule has 0 radical (unpaired) electrons. The first kappa shape index (κ1) is 13.5. The average Bonchev–Trinajstić information content (AvgIpc) is 2.28. The highest BCUT2D eigenvalue weighted by atomic mass is 16.6. The lowest BCUT2D eigenvalue weighted by atomic mass is 9.95. The lowest BCUT2D eigenvalue weighted by Crippen LogP contribution is -2.33. The van der Waals surface area contributed by atoms with E-state index in [0.29, 0.717) is 11.3 Å². The monoisotopic (exact) mass is 236 g/mol. The molecule has 4 heteroatoms. The minimum Gasteiger partial charge on any atom is -0.374 e. The van der Waals surface area contributed by atoms with Crippen LogP contribution in [0.25, 0.3) is 0 Å². The van der Waals surface area contributed by atoms with Crippen LogP contribution in [0.3, 0.4) is 0 Å².